The average molecular weight is 176 g/mol. The molecule has 0 bridgehead atoms. The Morgan fingerprint density at radius 3 is 2.67 bits per heavy atom. The lowest BCUT2D eigenvalue weighted by molar-refractivity contribution is 0.0683. The van der Waals surface area contributed by atoms with Crippen molar-refractivity contribution in [2.24, 2.45) is 5.73 Å². The Kier molecular flexibility index (Phi) is 5.40. The van der Waals surface area contributed by atoms with Crippen LogP contribution in [-0.2, 0) is 4.74 Å². The van der Waals surface area contributed by atoms with Gasteiger partial charge >= 0.3 is 6.09 Å². The van der Waals surface area contributed by atoms with Gasteiger partial charge < -0.3 is 20.9 Å². The van der Waals surface area contributed by atoms with E-state index in [1.165, 1.54) is 0 Å². The Morgan fingerprint density at radius 1 is 1.67 bits per heavy atom. The quantitative estimate of drug-likeness (QED) is 0.550. The third-order valence-corrected chi connectivity index (χ3v) is 1.16. The molecule has 1 atom stereocenters. The maximum Gasteiger partial charge on any atom is 0.404 e. The minimum atomic E-state index is -1.06. The van der Waals surface area contributed by atoms with Gasteiger partial charge in [-0.2, -0.15) is 0 Å². The number of amides is 1. The van der Waals surface area contributed by atoms with Crippen molar-refractivity contribution in [3.05, 3.63) is 0 Å². The average Bonchev–Trinajstić information content (AvgIpc) is 1.96. The zero-order chi connectivity index (χ0) is 9.56. The van der Waals surface area contributed by atoms with Crippen LogP contribution >= 0.6 is 0 Å². The second-order valence-electron chi connectivity index (χ2n) is 2.83. The van der Waals surface area contributed by atoms with Gasteiger partial charge in [0.1, 0.15) is 0 Å². The summed E-state index contributed by atoms with van der Waals surface area (Å²) in [6.45, 7) is 4.40. The van der Waals surface area contributed by atoms with Gasteiger partial charge in [-0.05, 0) is 13.8 Å². The topological polar surface area (TPSA) is 84.6 Å². The molecule has 0 spiro atoms. The maximum atomic E-state index is 10.0. The lowest BCUT2D eigenvalue weighted by Crippen LogP contribution is -2.40. The summed E-state index contributed by atoms with van der Waals surface area (Å²) in [6.07, 6.45) is -0.934. The molecule has 0 aromatic carbocycles. The van der Waals surface area contributed by atoms with Crippen LogP contribution in [0.5, 0.6) is 0 Å². The first-order chi connectivity index (χ1) is 5.52. The molecule has 5 nitrogen and oxygen atoms in total. The first kappa shape index (κ1) is 11.2. The Balaban J connectivity index is 3.33. The molecule has 0 fully saturated rings. The Bertz CT molecular complexity index is 139. The van der Waals surface area contributed by atoms with Crippen LogP contribution in [-0.4, -0.2) is 36.5 Å². The molecular weight excluding hydrogens is 160 g/mol. The largest absolute Gasteiger partial charge is 0.465 e. The van der Waals surface area contributed by atoms with Crippen LogP contribution in [0.25, 0.3) is 0 Å². The van der Waals surface area contributed by atoms with Gasteiger partial charge in [-0.3, -0.25) is 0 Å². The van der Waals surface area contributed by atoms with Crippen LogP contribution in [0.3, 0.4) is 0 Å². The van der Waals surface area contributed by atoms with Crippen molar-refractivity contribution in [2.45, 2.75) is 26.0 Å². The Hall–Kier alpha value is -0.810. The predicted molar refractivity (Wildman–Crippen MR) is 45.1 cm³/mol. The number of hydrogen-bond donors (Lipinski definition) is 3. The normalized spacial score (nSPS) is 13.0. The molecule has 1 amide bonds. The molecule has 0 aliphatic heterocycles. The third-order valence-electron chi connectivity index (χ3n) is 1.16. The first-order valence-corrected chi connectivity index (χ1v) is 3.86. The zero-order valence-corrected chi connectivity index (χ0v) is 7.41. The highest BCUT2D eigenvalue weighted by Gasteiger charge is 2.04. The fraction of sp³-hybridized carbons (Fsp3) is 0.857. The van der Waals surface area contributed by atoms with Gasteiger partial charge in [0, 0.05) is 12.6 Å². The summed E-state index contributed by atoms with van der Waals surface area (Å²) in [5, 5.41) is 10.4. The molecule has 4 N–H and O–H groups in total. The second kappa shape index (κ2) is 5.79. The van der Waals surface area contributed by atoms with Crippen LogP contribution in [0, 0.1) is 0 Å². The zero-order valence-electron chi connectivity index (χ0n) is 7.41. The lowest BCUT2D eigenvalue weighted by atomic mass is 10.3. The van der Waals surface area contributed by atoms with Crippen molar-refractivity contribution in [1.29, 1.82) is 0 Å². The van der Waals surface area contributed by atoms with Crippen molar-refractivity contribution in [1.82, 2.24) is 5.32 Å². The molecule has 0 aliphatic rings. The standard InChI is InChI=1S/C7H16N2O3/c1-5(2)12-4-6(8)3-9-7(10)11/h5-6,9H,3-4,8H2,1-2H3,(H,10,11). The number of hydrogen-bond acceptors (Lipinski definition) is 3. The van der Waals surface area contributed by atoms with Gasteiger partial charge in [-0.25, -0.2) is 4.79 Å². The van der Waals surface area contributed by atoms with E-state index < -0.39 is 6.09 Å². The first-order valence-electron chi connectivity index (χ1n) is 3.86. The molecule has 0 aromatic rings. The number of nitrogens with two attached hydrogens (primary N) is 1. The van der Waals surface area contributed by atoms with Crippen LogP contribution in [0.4, 0.5) is 4.79 Å². The van der Waals surface area contributed by atoms with Gasteiger partial charge in [0.25, 0.3) is 0 Å². The van der Waals surface area contributed by atoms with Gasteiger partial charge in [-0.1, -0.05) is 0 Å². The van der Waals surface area contributed by atoms with E-state index in [4.69, 9.17) is 15.6 Å². The summed E-state index contributed by atoms with van der Waals surface area (Å²) in [5.41, 5.74) is 5.52. The van der Waals surface area contributed by atoms with Gasteiger partial charge in [0.2, 0.25) is 0 Å². The summed E-state index contributed by atoms with van der Waals surface area (Å²) in [5.74, 6) is 0. The highest BCUT2D eigenvalue weighted by Crippen LogP contribution is 1.88. The molecule has 5 heteroatoms. The fourth-order valence-corrected chi connectivity index (χ4v) is 0.593. The van der Waals surface area contributed by atoms with Gasteiger partial charge in [0.15, 0.2) is 0 Å². The van der Waals surface area contributed by atoms with Gasteiger partial charge in [-0.15, -0.1) is 0 Å². The smallest absolute Gasteiger partial charge is 0.404 e. The Morgan fingerprint density at radius 2 is 2.25 bits per heavy atom. The van der Waals surface area contributed by atoms with Crippen molar-refractivity contribution in [3.63, 3.8) is 0 Å². The van der Waals surface area contributed by atoms with Crippen molar-refractivity contribution < 1.29 is 14.6 Å². The summed E-state index contributed by atoms with van der Waals surface area (Å²) < 4.78 is 5.18. The predicted octanol–water partition coefficient (Wildman–Crippen LogP) is 0.00630. The van der Waals surface area contributed by atoms with Crippen LogP contribution < -0.4 is 11.1 Å². The minimum Gasteiger partial charge on any atom is -0.465 e. The number of rotatable bonds is 5. The lowest BCUT2D eigenvalue weighted by Gasteiger charge is -2.13. The molecule has 0 heterocycles. The van der Waals surface area contributed by atoms with Crippen LogP contribution in [0.15, 0.2) is 0 Å². The highest BCUT2D eigenvalue weighted by molar-refractivity contribution is 5.64. The van der Waals surface area contributed by atoms with E-state index in [0.717, 1.165) is 0 Å². The van der Waals surface area contributed by atoms with Crippen molar-refractivity contribution in [2.75, 3.05) is 13.2 Å². The van der Waals surface area contributed by atoms with Gasteiger partial charge in [0.05, 0.1) is 12.7 Å². The van der Waals surface area contributed by atoms with Crippen molar-refractivity contribution >= 4 is 6.09 Å². The van der Waals surface area contributed by atoms with E-state index in [-0.39, 0.29) is 18.7 Å². The fourth-order valence-electron chi connectivity index (χ4n) is 0.593. The molecule has 0 rings (SSSR count). The molecule has 0 saturated heterocycles. The molecule has 12 heavy (non-hydrogen) atoms. The highest BCUT2D eigenvalue weighted by atomic mass is 16.5. The van der Waals surface area contributed by atoms with Crippen LogP contribution in [0.2, 0.25) is 0 Å². The van der Waals surface area contributed by atoms with E-state index >= 15 is 0 Å². The summed E-state index contributed by atoms with van der Waals surface area (Å²) in [7, 11) is 0. The van der Waals surface area contributed by atoms with E-state index in [1.807, 2.05) is 13.8 Å². The van der Waals surface area contributed by atoms with E-state index in [1.54, 1.807) is 0 Å². The molecule has 0 radical (unpaired) electrons. The monoisotopic (exact) mass is 176 g/mol. The van der Waals surface area contributed by atoms with Crippen molar-refractivity contribution in [3.8, 4) is 0 Å². The van der Waals surface area contributed by atoms with E-state index in [2.05, 4.69) is 5.32 Å². The summed E-state index contributed by atoms with van der Waals surface area (Å²) >= 11 is 0. The number of ether oxygens (including phenoxy) is 1. The number of carboxylic acid groups (broad SMARTS) is 1. The number of carbonyl (C=O) groups is 1. The Labute approximate surface area is 71.9 Å². The molecular formula is C7H16N2O3. The molecule has 0 aromatic heterocycles. The minimum absolute atomic E-state index is 0.126. The van der Waals surface area contributed by atoms with Crippen LogP contribution in [0.1, 0.15) is 13.8 Å². The maximum absolute atomic E-state index is 10.0. The molecule has 72 valence electrons. The second-order valence-corrected chi connectivity index (χ2v) is 2.83. The summed E-state index contributed by atoms with van der Waals surface area (Å²) in [6, 6.07) is -0.275. The molecule has 1 unspecified atom stereocenters. The van der Waals surface area contributed by atoms with E-state index in [0.29, 0.717) is 6.61 Å². The molecule has 0 saturated carbocycles. The summed E-state index contributed by atoms with van der Waals surface area (Å²) in [4.78, 5) is 10.0. The number of nitrogens with one attached hydrogen (secondary N) is 1. The van der Waals surface area contributed by atoms with E-state index in [9.17, 15) is 4.79 Å². The SMILES string of the molecule is CC(C)OCC(N)CNC(=O)O. The third kappa shape index (κ3) is 7.30. The molecule has 0 aliphatic carbocycles.